The van der Waals surface area contributed by atoms with Crippen LogP contribution in [0.25, 0.3) is 0 Å². The first kappa shape index (κ1) is 23.5. The number of anilines is 1. The van der Waals surface area contributed by atoms with Crippen molar-refractivity contribution in [3.8, 4) is 0 Å². The molecule has 2 fully saturated rings. The van der Waals surface area contributed by atoms with Crippen LogP contribution in [0.5, 0.6) is 0 Å². The highest BCUT2D eigenvalue weighted by Gasteiger charge is 2.31. The molecule has 28 heavy (non-hydrogen) atoms. The van der Waals surface area contributed by atoms with Gasteiger partial charge in [-0.3, -0.25) is 4.99 Å². The van der Waals surface area contributed by atoms with E-state index in [2.05, 4.69) is 26.6 Å². The van der Waals surface area contributed by atoms with E-state index in [0.29, 0.717) is 19.0 Å². The van der Waals surface area contributed by atoms with Crippen LogP contribution in [0.15, 0.2) is 29.3 Å². The maximum absolute atomic E-state index is 11.9. The standard InChI is InChI=1S/C18H28ClN5O2S.HI/c1-20-18(21-12-17-7-4-9-24(17)27(2,25)26)22-15-8-10-23(13-15)16-6-3-5-14(19)11-16;/h3,5-6,11,15,17H,4,7-10,12-13H2,1-2H3,(H2,20,21,22);1H/t15?,17-;/m1./s1. The summed E-state index contributed by atoms with van der Waals surface area (Å²) < 4.78 is 25.3. The minimum atomic E-state index is -3.15. The summed E-state index contributed by atoms with van der Waals surface area (Å²) in [5.41, 5.74) is 1.13. The van der Waals surface area contributed by atoms with Crippen molar-refractivity contribution in [2.75, 3.05) is 44.4 Å². The molecule has 1 aromatic rings. The van der Waals surface area contributed by atoms with Gasteiger partial charge in [0, 0.05) is 56.0 Å². The molecule has 10 heteroatoms. The fourth-order valence-corrected chi connectivity index (χ4v) is 5.20. The predicted molar refractivity (Wildman–Crippen MR) is 127 cm³/mol. The fraction of sp³-hybridized carbons (Fsp3) is 0.611. The lowest BCUT2D eigenvalue weighted by Gasteiger charge is -2.24. The molecule has 0 radical (unpaired) electrons. The largest absolute Gasteiger partial charge is 0.369 e. The molecule has 1 unspecified atom stereocenters. The zero-order valence-corrected chi connectivity index (χ0v) is 20.2. The number of rotatable bonds is 5. The molecule has 0 amide bonds. The first-order valence-corrected chi connectivity index (χ1v) is 11.5. The normalized spacial score (nSPS) is 23.5. The van der Waals surface area contributed by atoms with Crippen LogP contribution in [-0.2, 0) is 10.0 Å². The molecule has 7 nitrogen and oxygen atoms in total. The highest BCUT2D eigenvalue weighted by atomic mass is 127. The van der Waals surface area contributed by atoms with Crippen LogP contribution in [0, 0.1) is 0 Å². The van der Waals surface area contributed by atoms with Crippen LogP contribution in [0.1, 0.15) is 19.3 Å². The highest BCUT2D eigenvalue weighted by molar-refractivity contribution is 14.0. The lowest BCUT2D eigenvalue weighted by Crippen LogP contribution is -2.49. The lowest BCUT2D eigenvalue weighted by molar-refractivity contribution is 0.387. The van der Waals surface area contributed by atoms with Gasteiger partial charge in [0.25, 0.3) is 0 Å². The van der Waals surface area contributed by atoms with Gasteiger partial charge in [0.15, 0.2) is 5.96 Å². The van der Waals surface area contributed by atoms with Crippen molar-refractivity contribution in [1.82, 2.24) is 14.9 Å². The molecule has 0 aromatic heterocycles. The topological polar surface area (TPSA) is 77.0 Å². The number of sulfonamides is 1. The van der Waals surface area contributed by atoms with Gasteiger partial charge in [-0.25, -0.2) is 8.42 Å². The van der Waals surface area contributed by atoms with Crippen LogP contribution >= 0.6 is 35.6 Å². The second kappa shape index (κ2) is 10.3. The summed E-state index contributed by atoms with van der Waals surface area (Å²) in [7, 11) is -1.42. The van der Waals surface area contributed by atoms with Crippen molar-refractivity contribution in [2.24, 2.45) is 4.99 Å². The number of nitrogens with one attached hydrogen (secondary N) is 2. The molecule has 0 spiro atoms. The van der Waals surface area contributed by atoms with Crippen LogP contribution < -0.4 is 15.5 Å². The molecule has 2 saturated heterocycles. The number of nitrogens with zero attached hydrogens (tertiary/aromatic N) is 3. The van der Waals surface area contributed by atoms with Crippen molar-refractivity contribution < 1.29 is 8.42 Å². The molecule has 0 saturated carbocycles. The average molecular weight is 542 g/mol. The van der Waals surface area contributed by atoms with Crippen molar-refractivity contribution in [3.05, 3.63) is 29.3 Å². The van der Waals surface area contributed by atoms with Gasteiger partial charge in [0.05, 0.1) is 6.26 Å². The number of halogens is 2. The Hall–Kier alpha value is -0.780. The average Bonchev–Trinajstić information content (AvgIpc) is 3.27. The second-order valence-electron chi connectivity index (χ2n) is 7.18. The Kier molecular flexibility index (Phi) is 8.65. The van der Waals surface area contributed by atoms with E-state index >= 15 is 0 Å². The minimum absolute atomic E-state index is 0. The smallest absolute Gasteiger partial charge is 0.211 e. The molecular formula is C18H29ClIN5O2S. The Morgan fingerprint density at radius 3 is 2.79 bits per heavy atom. The van der Waals surface area contributed by atoms with E-state index in [4.69, 9.17) is 11.6 Å². The molecule has 2 atom stereocenters. The summed E-state index contributed by atoms with van der Waals surface area (Å²) >= 11 is 6.10. The fourth-order valence-electron chi connectivity index (χ4n) is 3.84. The third kappa shape index (κ3) is 6.11. The van der Waals surface area contributed by atoms with Crippen molar-refractivity contribution in [2.45, 2.75) is 31.3 Å². The van der Waals surface area contributed by atoms with Gasteiger partial charge in [-0.2, -0.15) is 4.31 Å². The number of hydrogen-bond donors (Lipinski definition) is 2. The monoisotopic (exact) mass is 541 g/mol. The Balaban J connectivity index is 0.00000280. The summed E-state index contributed by atoms with van der Waals surface area (Å²) in [5.74, 6) is 0.716. The maximum atomic E-state index is 11.9. The number of benzene rings is 1. The minimum Gasteiger partial charge on any atom is -0.369 e. The van der Waals surface area contributed by atoms with E-state index in [-0.39, 0.29) is 36.1 Å². The van der Waals surface area contributed by atoms with Gasteiger partial charge in [0.1, 0.15) is 0 Å². The molecule has 0 bridgehead atoms. The van der Waals surface area contributed by atoms with Gasteiger partial charge >= 0.3 is 0 Å². The van der Waals surface area contributed by atoms with Crippen LogP contribution in [0.3, 0.4) is 0 Å². The Morgan fingerprint density at radius 1 is 1.32 bits per heavy atom. The molecular weight excluding hydrogens is 513 g/mol. The Bertz CT molecular complexity index is 792. The Labute approximate surface area is 190 Å². The van der Waals surface area contributed by atoms with Crippen LogP contribution in [-0.4, -0.2) is 70.2 Å². The van der Waals surface area contributed by atoms with Crippen LogP contribution in [0.4, 0.5) is 5.69 Å². The molecule has 158 valence electrons. The van der Waals surface area contributed by atoms with Gasteiger partial charge in [0.2, 0.25) is 10.0 Å². The zero-order chi connectivity index (χ0) is 19.4. The second-order valence-corrected chi connectivity index (χ2v) is 9.55. The van der Waals surface area contributed by atoms with E-state index in [0.717, 1.165) is 43.1 Å². The van der Waals surface area contributed by atoms with Gasteiger partial charge in [-0.1, -0.05) is 17.7 Å². The van der Waals surface area contributed by atoms with Crippen molar-refractivity contribution in [3.63, 3.8) is 0 Å². The first-order chi connectivity index (χ1) is 12.9. The number of guanidine groups is 1. The van der Waals surface area contributed by atoms with E-state index in [1.165, 1.54) is 6.26 Å². The molecule has 2 aliphatic heterocycles. The first-order valence-electron chi connectivity index (χ1n) is 9.31. The number of aliphatic imine (C=N–C) groups is 1. The summed E-state index contributed by atoms with van der Waals surface area (Å²) in [6.07, 6.45) is 4.07. The summed E-state index contributed by atoms with van der Waals surface area (Å²) in [6, 6.07) is 8.17. The predicted octanol–water partition coefficient (Wildman–Crippen LogP) is 2.13. The van der Waals surface area contributed by atoms with E-state index in [1.54, 1.807) is 11.4 Å². The van der Waals surface area contributed by atoms with Gasteiger partial charge in [-0.15, -0.1) is 24.0 Å². The molecule has 3 rings (SSSR count). The third-order valence-electron chi connectivity index (χ3n) is 5.18. The number of hydrogen-bond acceptors (Lipinski definition) is 4. The Morgan fingerprint density at radius 2 is 2.11 bits per heavy atom. The van der Waals surface area contributed by atoms with Crippen molar-refractivity contribution >= 4 is 57.2 Å². The van der Waals surface area contributed by atoms with E-state index in [1.807, 2.05) is 18.2 Å². The molecule has 2 aliphatic rings. The summed E-state index contributed by atoms with van der Waals surface area (Å²) in [4.78, 5) is 6.60. The molecule has 0 aliphatic carbocycles. The highest BCUT2D eigenvalue weighted by Crippen LogP contribution is 2.23. The lowest BCUT2D eigenvalue weighted by atomic mass is 10.2. The SMILES string of the molecule is CN=C(NC[C@H]1CCCN1S(C)(=O)=O)NC1CCN(c2cccc(Cl)c2)C1.I. The molecule has 2 heterocycles. The third-order valence-corrected chi connectivity index (χ3v) is 6.75. The van der Waals surface area contributed by atoms with Crippen LogP contribution in [0.2, 0.25) is 5.02 Å². The van der Waals surface area contributed by atoms with E-state index < -0.39 is 10.0 Å². The zero-order valence-electron chi connectivity index (χ0n) is 16.3. The molecule has 2 N–H and O–H groups in total. The van der Waals surface area contributed by atoms with E-state index in [9.17, 15) is 8.42 Å². The van der Waals surface area contributed by atoms with Gasteiger partial charge < -0.3 is 15.5 Å². The van der Waals surface area contributed by atoms with Gasteiger partial charge in [-0.05, 0) is 37.5 Å². The maximum Gasteiger partial charge on any atom is 0.211 e. The molecule has 1 aromatic carbocycles. The van der Waals surface area contributed by atoms with Crippen molar-refractivity contribution in [1.29, 1.82) is 0 Å². The summed E-state index contributed by atoms with van der Waals surface area (Å²) in [6.45, 7) is 3.01. The summed E-state index contributed by atoms with van der Waals surface area (Å²) in [5, 5.41) is 7.49. The quantitative estimate of drug-likeness (QED) is 0.339.